The number of methoxy groups -OCH3 is 1. The zero-order chi connectivity index (χ0) is 26.0. The number of hydrogen-bond donors (Lipinski definition) is 3. The van der Waals surface area contributed by atoms with Gasteiger partial charge in [0.2, 0.25) is 5.95 Å². The number of pyridine rings is 1. The first-order chi connectivity index (χ1) is 17.8. The van der Waals surface area contributed by atoms with Crippen molar-refractivity contribution in [3.05, 3.63) is 72.6 Å². The van der Waals surface area contributed by atoms with Crippen LogP contribution >= 0.6 is 0 Å². The summed E-state index contributed by atoms with van der Waals surface area (Å²) < 4.78 is 11.7. The fraction of sp³-hybridized carbons (Fsp3) is 0.259. The number of para-hydroxylation sites is 1. The van der Waals surface area contributed by atoms with Crippen LogP contribution in [0, 0.1) is 0 Å². The first kappa shape index (κ1) is 24.4. The van der Waals surface area contributed by atoms with Crippen molar-refractivity contribution in [3.63, 3.8) is 0 Å². The van der Waals surface area contributed by atoms with Crippen molar-refractivity contribution in [2.45, 2.75) is 24.7 Å². The third-order valence-electron chi connectivity index (χ3n) is 6.55. The van der Waals surface area contributed by atoms with Crippen molar-refractivity contribution in [3.8, 4) is 5.75 Å². The maximum absolute atomic E-state index is 11.8. The molecule has 10 nitrogen and oxygen atoms in total. The molecule has 2 aromatic heterocycles. The molecule has 0 aliphatic heterocycles. The zero-order valence-corrected chi connectivity index (χ0v) is 20.8. The normalized spacial score (nSPS) is 18.9. The Bertz CT molecular complexity index is 1420. The molecular weight excluding hydrogens is 472 g/mol. The number of aromatic carboxylic acids is 1. The van der Waals surface area contributed by atoms with Crippen LogP contribution in [0.3, 0.4) is 0 Å². The third kappa shape index (κ3) is 5.16. The van der Waals surface area contributed by atoms with Crippen LogP contribution < -0.4 is 15.4 Å². The molecule has 3 N–H and O–H groups in total. The number of anilines is 4. The highest BCUT2D eigenvalue weighted by Crippen LogP contribution is 2.39. The van der Waals surface area contributed by atoms with Crippen LogP contribution in [0.15, 0.2) is 66.9 Å². The molecule has 1 aliphatic rings. The lowest BCUT2D eigenvalue weighted by molar-refractivity contribution is -0.204. The third-order valence-corrected chi connectivity index (χ3v) is 6.55. The van der Waals surface area contributed by atoms with Gasteiger partial charge in [0.1, 0.15) is 23.4 Å². The molecule has 0 spiro atoms. The summed E-state index contributed by atoms with van der Waals surface area (Å²) >= 11 is 0. The maximum atomic E-state index is 11.8. The number of ether oxygens (including phenoxy) is 2. The maximum Gasteiger partial charge on any atom is 0.356 e. The number of nitrogens with one attached hydrogen (secondary N) is 2. The van der Waals surface area contributed by atoms with Crippen molar-refractivity contribution >= 4 is 40.0 Å². The van der Waals surface area contributed by atoms with Crippen molar-refractivity contribution in [1.29, 1.82) is 0 Å². The molecule has 5 rings (SSSR count). The summed E-state index contributed by atoms with van der Waals surface area (Å²) in [7, 11) is 5.75. The number of rotatable bonds is 9. The summed E-state index contributed by atoms with van der Waals surface area (Å²) in [6.07, 6.45) is 3.31. The Morgan fingerprint density at radius 1 is 1.05 bits per heavy atom. The number of benzene rings is 2. The van der Waals surface area contributed by atoms with Crippen LogP contribution in [0.2, 0.25) is 0 Å². The standard InChI is InChI=1S/C27H28N6O4/c1-33(2)27(36-3)15-20(16-27)37-19-10-8-18(9-11-19)29-26-28-13-12-23(32-26)30-22-14-17-6-4-5-7-21(17)31-24(22)25(34)35/h4-14,20H,15-16H2,1-3H3,(H,34,35)(H2,28,29,30,32). The van der Waals surface area contributed by atoms with E-state index in [0.717, 1.165) is 29.7 Å². The van der Waals surface area contributed by atoms with Crippen LogP contribution in [-0.4, -0.2) is 64.0 Å². The van der Waals surface area contributed by atoms with Gasteiger partial charge in [-0.3, -0.25) is 4.90 Å². The van der Waals surface area contributed by atoms with Gasteiger partial charge >= 0.3 is 5.97 Å². The van der Waals surface area contributed by atoms with E-state index in [1.165, 1.54) is 0 Å². The highest BCUT2D eigenvalue weighted by Gasteiger charge is 2.48. The number of hydrogen-bond acceptors (Lipinski definition) is 9. The number of carboxylic acids is 1. The average molecular weight is 501 g/mol. The summed E-state index contributed by atoms with van der Waals surface area (Å²) in [5.74, 6) is 0.448. The molecule has 1 saturated carbocycles. The van der Waals surface area contributed by atoms with Gasteiger partial charge in [0.25, 0.3) is 0 Å². The summed E-state index contributed by atoms with van der Waals surface area (Å²) in [4.78, 5) is 26.9. The predicted octanol–water partition coefficient (Wildman–Crippen LogP) is 4.66. The van der Waals surface area contributed by atoms with E-state index in [1.54, 1.807) is 31.5 Å². The van der Waals surface area contributed by atoms with E-state index in [-0.39, 0.29) is 17.5 Å². The number of carboxylic acid groups (broad SMARTS) is 1. The lowest BCUT2D eigenvalue weighted by atomic mass is 9.83. The summed E-state index contributed by atoms with van der Waals surface area (Å²) in [6, 6.07) is 18.3. The zero-order valence-electron chi connectivity index (χ0n) is 20.8. The number of aromatic nitrogens is 3. The van der Waals surface area contributed by atoms with Gasteiger partial charge in [-0.15, -0.1) is 0 Å². The number of nitrogens with zero attached hydrogens (tertiary/aromatic N) is 4. The highest BCUT2D eigenvalue weighted by molar-refractivity contribution is 5.97. The molecule has 0 amide bonds. The van der Waals surface area contributed by atoms with Gasteiger partial charge in [-0.25, -0.2) is 14.8 Å². The summed E-state index contributed by atoms with van der Waals surface area (Å²) in [5.41, 5.74) is 1.41. The fourth-order valence-electron chi connectivity index (χ4n) is 4.39. The van der Waals surface area contributed by atoms with E-state index in [9.17, 15) is 9.90 Å². The molecular formula is C27H28N6O4. The Morgan fingerprint density at radius 3 is 2.51 bits per heavy atom. The Morgan fingerprint density at radius 2 is 1.81 bits per heavy atom. The van der Waals surface area contributed by atoms with Crippen LogP contribution in [-0.2, 0) is 4.74 Å². The Kier molecular flexibility index (Phi) is 6.60. The molecule has 0 unspecified atom stereocenters. The predicted molar refractivity (Wildman–Crippen MR) is 141 cm³/mol. The first-order valence-electron chi connectivity index (χ1n) is 11.8. The van der Waals surface area contributed by atoms with Crippen molar-refractivity contribution in [1.82, 2.24) is 19.9 Å². The SMILES string of the molecule is COC1(N(C)C)CC(Oc2ccc(Nc3nccc(Nc4cc5ccccc5nc4C(=O)O)n3)cc2)C1. The van der Waals surface area contributed by atoms with Gasteiger partial charge in [-0.05, 0) is 56.6 Å². The van der Waals surface area contributed by atoms with Crippen LogP contribution in [0.4, 0.5) is 23.1 Å². The molecule has 2 aromatic carbocycles. The quantitative estimate of drug-likeness (QED) is 0.280. The monoisotopic (exact) mass is 500 g/mol. The molecule has 190 valence electrons. The molecule has 0 atom stereocenters. The molecule has 0 radical (unpaired) electrons. The van der Waals surface area contributed by atoms with Gasteiger partial charge in [0, 0.05) is 37.2 Å². The van der Waals surface area contributed by atoms with E-state index < -0.39 is 5.97 Å². The van der Waals surface area contributed by atoms with Crippen LogP contribution in [0.25, 0.3) is 10.9 Å². The van der Waals surface area contributed by atoms with Crippen molar-refractivity contribution < 1.29 is 19.4 Å². The minimum absolute atomic E-state index is 0.0813. The lowest BCUT2D eigenvalue weighted by Gasteiger charge is -2.50. The van der Waals surface area contributed by atoms with Gasteiger partial charge in [0.15, 0.2) is 5.69 Å². The average Bonchev–Trinajstić information content (AvgIpc) is 2.86. The molecule has 1 aliphatic carbocycles. The van der Waals surface area contributed by atoms with E-state index >= 15 is 0 Å². The second-order valence-corrected chi connectivity index (χ2v) is 9.12. The van der Waals surface area contributed by atoms with Gasteiger partial charge in [0.05, 0.1) is 11.2 Å². The van der Waals surface area contributed by atoms with E-state index in [0.29, 0.717) is 23.0 Å². The second-order valence-electron chi connectivity index (χ2n) is 9.12. The minimum atomic E-state index is -1.13. The smallest absolute Gasteiger partial charge is 0.356 e. The largest absolute Gasteiger partial charge is 0.490 e. The van der Waals surface area contributed by atoms with E-state index in [1.807, 2.05) is 56.6 Å². The summed E-state index contributed by atoms with van der Waals surface area (Å²) in [6.45, 7) is 0. The molecule has 37 heavy (non-hydrogen) atoms. The number of carbonyl (C=O) groups is 1. The Labute approximate surface area is 214 Å². The fourth-order valence-corrected chi connectivity index (χ4v) is 4.39. The van der Waals surface area contributed by atoms with Gasteiger partial charge in [-0.1, -0.05) is 18.2 Å². The molecule has 4 aromatic rings. The van der Waals surface area contributed by atoms with Gasteiger partial charge < -0.3 is 25.2 Å². The summed E-state index contributed by atoms with van der Waals surface area (Å²) in [5, 5.41) is 16.7. The minimum Gasteiger partial charge on any atom is -0.490 e. The van der Waals surface area contributed by atoms with E-state index in [4.69, 9.17) is 9.47 Å². The Hall–Kier alpha value is -4.28. The number of fused-ring (bicyclic) bond motifs is 1. The van der Waals surface area contributed by atoms with E-state index in [2.05, 4.69) is 30.5 Å². The van der Waals surface area contributed by atoms with Crippen LogP contribution in [0.1, 0.15) is 23.3 Å². The van der Waals surface area contributed by atoms with Crippen molar-refractivity contribution in [2.75, 3.05) is 31.8 Å². The molecule has 2 heterocycles. The molecule has 0 bridgehead atoms. The first-order valence-corrected chi connectivity index (χ1v) is 11.8. The topological polar surface area (TPSA) is 122 Å². The van der Waals surface area contributed by atoms with Gasteiger partial charge in [-0.2, -0.15) is 4.98 Å². The van der Waals surface area contributed by atoms with Crippen molar-refractivity contribution in [2.24, 2.45) is 0 Å². The molecule has 0 saturated heterocycles. The Balaban J connectivity index is 1.25. The highest BCUT2D eigenvalue weighted by atomic mass is 16.5. The van der Waals surface area contributed by atoms with Crippen LogP contribution in [0.5, 0.6) is 5.75 Å². The molecule has 10 heteroatoms. The second kappa shape index (κ2) is 10.00. The lowest BCUT2D eigenvalue weighted by Crippen LogP contribution is -2.59. The molecule has 1 fully saturated rings.